The summed E-state index contributed by atoms with van der Waals surface area (Å²) in [5, 5.41) is 0.147. The molecule has 0 saturated carbocycles. The van der Waals surface area contributed by atoms with E-state index in [2.05, 4.69) is 15.0 Å². The summed E-state index contributed by atoms with van der Waals surface area (Å²) in [5.41, 5.74) is -2.46. The SMILES string of the molecule is CC(C)(C(=O)CCc1ccc(Cl)c(-c2nc(-c3cccc(OCC(F)(F)F)c3)nc(=O)[nH]2)c1)C(F)(F)F. The average Bonchev–Trinajstić information content (AvgIpc) is 2.80. The third-order valence-corrected chi connectivity index (χ3v) is 5.81. The number of aromatic amines is 1. The highest BCUT2D eigenvalue weighted by molar-refractivity contribution is 6.33. The maximum Gasteiger partial charge on any atom is 0.422 e. The molecule has 0 aliphatic rings. The van der Waals surface area contributed by atoms with Crippen LogP contribution in [-0.4, -0.2) is 39.7 Å². The summed E-state index contributed by atoms with van der Waals surface area (Å²) in [6.45, 7) is 0.126. The average molecular weight is 548 g/mol. The first kappa shape index (κ1) is 28.2. The van der Waals surface area contributed by atoms with Crippen molar-refractivity contribution in [1.29, 1.82) is 0 Å². The van der Waals surface area contributed by atoms with Crippen LogP contribution in [0, 0.1) is 5.41 Å². The number of nitrogens with zero attached hydrogens (tertiary/aromatic N) is 2. The lowest BCUT2D eigenvalue weighted by Gasteiger charge is -2.26. The van der Waals surface area contributed by atoms with Gasteiger partial charge in [0.15, 0.2) is 12.4 Å². The zero-order valence-corrected chi connectivity index (χ0v) is 20.2. The van der Waals surface area contributed by atoms with Gasteiger partial charge in [0.1, 0.15) is 22.8 Å². The Kier molecular flexibility index (Phi) is 8.01. The van der Waals surface area contributed by atoms with Gasteiger partial charge in [0, 0.05) is 17.5 Å². The van der Waals surface area contributed by atoms with Crippen molar-refractivity contribution in [3.05, 3.63) is 63.5 Å². The van der Waals surface area contributed by atoms with Gasteiger partial charge in [-0.2, -0.15) is 31.3 Å². The van der Waals surface area contributed by atoms with E-state index in [0.717, 1.165) is 13.8 Å². The number of Topliss-reactive ketones (excluding diaryl/α,β-unsaturated/α-hetero) is 1. The molecular weight excluding hydrogens is 528 g/mol. The molecule has 0 radical (unpaired) electrons. The molecule has 0 aliphatic carbocycles. The molecule has 0 unspecified atom stereocenters. The van der Waals surface area contributed by atoms with Crippen molar-refractivity contribution in [2.45, 2.75) is 39.0 Å². The summed E-state index contributed by atoms with van der Waals surface area (Å²) >= 11 is 6.26. The molecule has 3 rings (SSSR count). The van der Waals surface area contributed by atoms with Crippen LogP contribution in [0.3, 0.4) is 0 Å². The first-order chi connectivity index (χ1) is 17.1. The number of hydrogen-bond acceptors (Lipinski definition) is 5. The first-order valence-electron chi connectivity index (χ1n) is 10.7. The predicted octanol–water partition coefficient (Wildman–Crippen LogP) is 6.18. The van der Waals surface area contributed by atoms with Crippen LogP contribution < -0.4 is 10.4 Å². The van der Waals surface area contributed by atoms with Crippen LogP contribution in [0.4, 0.5) is 26.3 Å². The molecule has 0 amide bonds. The Hall–Kier alpha value is -3.41. The number of aromatic nitrogens is 3. The van der Waals surface area contributed by atoms with Gasteiger partial charge in [0.25, 0.3) is 0 Å². The molecule has 0 bridgehead atoms. The van der Waals surface area contributed by atoms with Gasteiger partial charge in [-0.3, -0.25) is 9.78 Å². The topological polar surface area (TPSA) is 84.9 Å². The van der Waals surface area contributed by atoms with Crippen LogP contribution >= 0.6 is 11.6 Å². The van der Waals surface area contributed by atoms with Crippen molar-refractivity contribution in [1.82, 2.24) is 15.0 Å². The molecule has 1 aromatic heterocycles. The lowest BCUT2D eigenvalue weighted by Crippen LogP contribution is -2.39. The minimum atomic E-state index is -4.69. The van der Waals surface area contributed by atoms with Crippen LogP contribution in [-0.2, 0) is 11.2 Å². The first-order valence-corrected chi connectivity index (χ1v) is 11.1. The summed E-state index contributed by atoms with van der Waals surface area (Å²) in [6, 6.07) is 9.84. The Balaban J connectivity index is 1.89. The summed E-state index contributed by atoms with van der Waals surface area (Å²) in [4.78, 5) is 34.8. The van der Waals surface area contributed by atoms with Crippen molar-refractivity contribution in [3.8, 4) is 28.5 Å². The Morgan fingerprint density at radius 1 is 1.03 bits per heavy atom. The Morgan fingerprint density at radius 3 is 2.38 bits per heavy atom. The highest BCUT2D eigenvalue weighted by atomic mass is 35.5. The maximum absolute atomic E-state index is 13.1. The fourth-order valence-electron chi connectivity index (χ4n) is 3.17. The third kappa shape index (κ3) is 7.09. The Morgan fingerprint density at radius 2 is 1.73 bits per heavy atom. The van der Waals surface area contributed by atoms with Gasteiger partial charge in [-0.1, -0.05) is 29.8 Å². The molecular formula is C24H20ClF6N3O3. The Labute approximate surface area is 211 Å². The number of rotatable bonds is 8. The number of halogens is 7. The number of benzene rings is 2. The van der Waals surface area contributed by atoms with Gasteiger partial charge in [0.05, 0.1) is 5.02 Å². The second kappa shape index (κ2) is 10.5. The summed E-state index contributed by atoms with van der Waals surface area (Å²) in [7, 11) is 0. The molecule has 0 spiro atoms. The van der Waals surface area contributed by atoms with E-state index in [9.17, 15) is 35.9 Å². The fourth-order valence-corrected chi connectivity index (χ4v) is 3.38. The number of aryl methyl sites for hydroxylation is 1. The van der Waals surface area contributed by atoms with Crippen LogP contribution in [0.25, 0.3) is 22.8 Å². The van der Waals surface area contributed by atoms with E-state index in [-0.39, 0.29) is 46.4 Å². The summed E-state index contributed by atoms with van der Waals surface area (Å²) in [5.74, 6) is -1.27. The van der Waals surface area contributed by atoms with Crippen molar-refractivity contribution in [3.63, 3.8) is 0 Å². The molecule has 0 fully saturated rings. The monoisotopic (exact) mass is 547 g/mol. The quantitative estimate of drug-likeness (QED) is 0.340. The molecule has 3 aromatic rings. The standard InChI is InChI=1S/C24H20ClF6N3O3/c1-22(2,24(29,30)31)18(35)9-7-13-6-8-17(25)16(10-13)20-32-19(33-21(36)34-20)14-4-3-5-15(11-14)37-12-23(26,27)28/h3-6,8,10-11H,7,9,12H2,1-2H3,(H,32,33,34,36). The van der Waals surface area contributed by atoms with Crippen LogP contribution in [0.1, 0.15) is 25.8 Å². The smallest absolute Gasteiger partial charge is 0.422 e. The number of ether oxygens (including phenoxy) is 1. The minimum Gasteiger partial charge on any atom is -0.484 e. The highest BCUT2D eigenvalue weighted by Crippen LogP contribution is 2.39. The number of alkyl halides is 6. The number of nitrogens with one attached hydrogen (secondary N) is 1. The number of H-pyrrole nitrogens is 1. The molecule has 6 nitrogen and oxygen atoms in total. The van der Waals surface area contributed by atoms with Crippen LogP contribution in [0.2, 0.25) is 5.02 Å². The van der Waals surface area contributed by atoms with Crippen LogP contribution in [0.15, 0.2) is 47.3 Å². The molecule has 0 aliphatic heterocycles. The lowest BCUT2D eigenvalue weighted by molar-refractivity contribution is -0.210. The third-order valence-electron chi connectivity index (χ3n) is 5.48. The predicted molar refractivity (Wildman–Crippen MR) is 123 cm³/mol. The molecule has 0 saturated heterocycles. The van der Waals surface area contributed by atoms with Gasteiger partial charge in [-0.15, -0.1) is 0 Å². The van der Waals surface area contributed by atoms with Crippen LogP contribution in [0.5, 0.6) is 5.75 Å². The normalized spacial score (nSPS) is 12.5. The van der Waals surface area contributed by atoms with E-state index in [1.165, 1.54) is 42.5 Å². The second-order valence-electron chi connectivity index (χ2n) is 8.62. The van der Waals surface area contributed by atoms with E-state index in [1.54, 1.807) is 0 Å². The molecule has 1 N–H and O–H groups in total. The van der Waals surface area contributed by atoms with Gasteiger partial charge >= 0.3 is 18.0 Å². The number of carbonyl (C=O) groups excluding carboxylic acids is 1. The Bertz CT molecular complexity index is 1350. The van der Waals surface area contributed by atoms with Gasteiger partial charge in [0.2, 0.25) is 0 Å². The van der Waals surface area contributed by atoms with Gasteiger partial charge < -0.3 is 4.74 Å². The number of hydrogen-bond donors (Lipinski definition) is 1. The lowest BCUT2D eigenvalue weighted by atomic mass is 9.84. The highest BCUT2D eigenvalue weighted by Gasteiger charge is 2.51. The molecule has 1 heterocycles. The second-order valence-corrected chi connectivity index (χ2v) is 9.02. The minimum absolute atomic E-state index is 0.0245. The molecule has 37 heavy (non-hydrogen) atoms. The summed E-state index contributed by atoms with van der Waals surface area (Å²) < 4.78 is 81.5. The zero-order chi connectivity index (χ0) is 27.6. The number of ketones is 1. The molecule has 13 heteroatoms. The zero-order valence-electron chi connectivity index (χ0n) is 19.4. The molecule has 0 atom stereocenters. The maximum atomic E-state index is 13.1. The largest absolute Gasteiger partial charge is 0.484 e. The molecule has 2 aromatic carbocycles. The number of carbonyl (C=O) groups is 1. The van der Waals surface area contributed by atoms with Gasteiger partial charge in [-0.25, -0.2) is 9.78 Å². The van der Waals surface area contributed by atoms with E-state index >= 15 is 0 Å². The van der Waals surface area contributed by atoms with E-state index in [1.807, 2.05) is 0 Å². The van der Waals surface area contributed by atoms with E-state index in [0.29, 0.717) is 5.56 Å². The van der Waals surface area contributed by atoms with Crippen molar-refractivity contribution in [2.75, 3.05) is 6.61 Å². The molecule has 198 valence electrons. The van der Waals surface area contributed by atoms with Crippen molar-refractivity contribution in [2.24, 2.45) is 5.41 Å². The van der Waals surface area contributed by atoms with E-state index in [4.69, 9.17) is 16.3 Å². The van der Waals surface area contributed by atoms with Crippen molar-refractivity contribution >= 4 is 17.4 Å². The van der Waals surface area contributed by atoms with E-state index < -0.39 is 35.8 Å². The summed E-state index contributed by atoms with van der Waals surface area (Å²) in [6.07, 6.45) is -9.65. The van der Waals surface area contributed by atoms with Crippen molar-refractivity contribution < 1.29 is 35.9 Å². The van der Waals surface area contributed by atoms with Gasteiger partial charge in [-0.05, 0) is 50.1 Å². The fraction of sp³-hybridized carbons (Fsp3) is 0.333.